The van der Waals surface area contributed by atoms with Gasteiger partial charge >= 0.3 is 0 Å². The lowest BCUT2D eigenvalue weighted by molar-refractivity contribution is 0.0219. The summed E-state index contributed by atoms with van der Waals surface area (Å²) in [7, 11) is 0. The highest BCUT2D eigenvalue weighted by Gasteiger charge is 2.33. The number of aryl methyl sites for hydroxylation is 1. The topological polar surface area (TPSA) is 49.2 Å². The molecule has 1 aliphatic carbocycles. The monoisotopic (exact) mass is 275 g/mol. The molecule has 2 heterocycles. The molecule has 3 rings (SSSR count). The molecule has 4 heteroatoms. The van der Waals surface area contributed by atoms with E-state index in [1.54, 1.807) is 0 Å². The molecule has 0 aromatic carbocycles. The van der Waals surface area contributed by atoms with Gasteiger partial charge in [0.25, 0.3) is 0 Å². The van der Waals surface area contributed by atoms with Gasteiger partial charge in [0.2, 0.25) is 5.95 Å². The second-order valence-electron chi connectivity index (χ2n) is 6.47. The van der Waals surface area contributed by atoms with E-state index in [1.807, 2.05) is 6.92 Å². The van der Waals surface area contributed by atoms with Crippen molar-refractivity contribution in [1.82, 2.24) is 9.97 Å². The number of hydrogen-bond acceptors (Lipinski definition) is 4. The zero-order valence-electron chi connectivity index (χ0n) is 12.6. The Kier molecular flexibility index (Phi) is 3.67. The van der Waals surface area contributed by atoms with Crippen molar-refractivity contribution in [3.63, 3.8) is 0 Å². The van der Waals surface area contributed by atoms with E-state index < -0.39 is 5.60 Å². The van der Waals surface area contributed by atoms with Crippen LogP contribution in [0, 0.1) is 6.92 Å². The van der Waals surface area contributed by atoms with Gasteiger partial charge in [0, 0.05) is 30.4 Å². The lowest BCUT2D eigenvalue weighted by atomic mass is 9.82. The maximum atomic E-state index is 10.5. The SMILES string of the molecule is CC[C@]1(O)CCCN(c2nc(C)cc(C3CCC3)n2)C1. The van der Waals surface area contributed by atoms with Crippen LogP contribution in [0.5, 0.6) is 0 Å². The lowest BCUT2D eigenvalue weighted by Gasteiger charge is -2.39. The second kappa shape index (κ2) is 5.32. The lowest BCUT2D eigenvalue weighted by Crippen LogP contribution is -2.48. The first-order valence-corrected chi connectivity index (χ1v) is 7.92. The van der Waals surface area contributed by atoms with Crippen molar-refractivity contribution in [2.45, 2.75) is 63.9 Å². The molecule has 1 saturated heterocycles. The minimum Gasteiger partial charge on any atom is -0.388 e. The molecule has 1 aliphatic heterocycles. The van der Waals surface area contributed by atoms with Gasteiger partial charge in [0.15, 0.2) is 0 Å². The summed E-state index contributed by atoms with van der Waals surface area (Å²) in [5.41, 5.74) is 1.68. The highest BCUT2D eigenvalue weighted by atomic mass is 16.3. The van der Waals surface area contributed by atoms with Crippen LogP contribution in [-0.2, 0) is 0 Å². The molecule has 0 bridgehead atoms. The quantitative estimate of drug-likeness (QED) is 0.921. The zero-order chi connectivity index (χ0) is 14.2. The molecule has 1 saturated carbocycles. The molecule has 0 radical (unpaired) electrons. The molecule has 2 fully saturated rings. The number of rotatable bonds is 3. The van der Waals surface area contributed by atoms with E-state index in [0.29, 0.717) is 12.5 Å². The number of hydrogen-bond donors (Lipinski definition) is 1. The molecule has 0 amide bonds. The third-order valence-electron chi connectivity index (χ3n) is 4.88. The smallest absolute Gasteiger partial charge is 0.225 e. The average molecular weight is 275 g/mol. The maximum Gasteiger partial charge on any atom is 0.225 e. The molecular weight excluding hydrogens is 250 g/mol. The van der Waals surface area contributed by atoms with Crippen molar-refractivity contribution < 1.29 is 5.11 Å². The highest BCUT2D eigenvalue weighted by Crippen LogP contribution is 2.36. The third-order valence-corrected chi connectivity index (χ3v) is 4.88. The Morgan fingerprint density at radius 2 is 2.15 bits per heavy atom. The van der Waals surface area contributed by atoms with Gasteiger partial charge in [-0.05, 0) is 45.1 Å². The first-order valence-electron chi connectivity index (χ1n) is 7.92. The molecule has 2 aliphatic rings. The fourth-order valence-electron chi connectivity index (χ4n) is 3.20. The third kappa shape index (κ3) is 2.66. The molecule has 110 valence electrons. The molecule has 20 heavy (non-hydrogen) atoms. The first kappa shape index (κ1) is 13.8. The van der Waals surface area contributed by atoms with Crippen LogP contribution in [0.1, 0.15) is 62.8 Å². The van der Waals surface area contributed by atoms with Crippen molar-refractivity contribution in [2.24, 2.45) is 0 Å². The maximum absolute atomic E-state index is 10.5. The summed E-state index contributed by atoms with van der Waals surface area (Å²) < 4.78 is 0. The molecule has 1 atom stereocenters. The molecule has 1 aromatic heterocycles. The molecule has 0 spiro atoms. The van der Waals surface area contributed by atoms with Crippen LogP contribution < -0.4 is 4.90 Å². The Bertz CT molecular complexity index is 487. The fourth-order valence-corrected chi connectivity index (χ4v) is 3.20. The number of piperidine rings is 1. The summed E-state index contributed by atoms with van der Waals surface area (Å²) in [5.74, 6) is 1.45. The van der Waals surface area contributed by atoms with Crippen molar-refractivity contribution in [3.8, 4) is 0 Å². The Balaban J connectivity index is 1.83. The number of aromatic nitrogens is 2. The van der Waals surface area contributed by atoms with Crippen LogP contribution in [0.2, 0.25) is 0 Å². The fraction of sp³-hybridized carbons (Fsp3) is 0.750. The minimum atomic E-state index is -0.567. The van der Waals surface area contributed by atoms with Crippen molar-refractivity contribution in [3.05, 3.63) is 17.5 Å². The Morgan fingerprint density at radius 3 is 2.80 bits per heavy atom. The Hall–Kier alpha value is -1.16. The van der Waals surface area contributed by atoms with Crippen molar-refractivity contribution in [1.29, 1.82) is 0 Å². The standard InChI is InChI=1S/C16H25N3O/c1-3-16(20)8-5-9-19(11-16)15-17-12(2)10-14(18-15)13-6-4-7-13/h10,13,20H,3-9,11H2,1-2H3/t16-/m0/s1. The number of anilines is 1. The number of nitrogens with zero attached hydrogens (tertiary/aromatic N) is 3. The van der Waals surface area contributed by atoms with Gasteiger partial charge in [0.1, 0.15) is 0 Å². The summed E-state index contributed by atoms with van der Waals surface area (Å²) in [6, 6.07) is 2.13. The largest absolute Gasteiger partial charge is 0.388 e. The number of aliphatic hydroxyl groups is 1. The van der Waals surface area contributed by atoms with Crippen LogP contribution >= 0.6 is 0 Å². The van der Waals surface area contributed by atoms with Crippen LogP contribution in [0.25, 0.3) is 0 Å². The molecule has 1 N–H and O–H groups in total. The highest BCUT2D eigenvalue weighted by molar-refractivity contribution is 5.35. The van der Waals surface area contributed by atoms with Crippen LogP contribution in [0.4, 0.5) is 5.95 Å². The number of β-amino-alcohol motifs (C(OH)–C–C–N with tert-alkyl or cyclic N) is 1. The summed E-state index contributed by atoms with van der Waals surface area (Å²) in [6.45, 7) is 5.72. The van der Waals surface area contributed by atoms with E-state index in [0.717, 1.165) is 37.4 Å². The van der Waals surface area contributed by atoms with Gasteiger partial charge in [0.05, 0.1) is 5.60 Å². The molecule has 1 aromatic rings. The van der Waals surface area contributed by atoms with E-state index >= 15 is 0 Å². The average Bonchev–Trinajstić information content (AvgIpc) is 2.36. The predicted octanol–water partition coefficient (Wildman–Crippen LogP) is 2.79. The summed E-state index contributed by atoms with van der Waals surface area (Å²) in [4.78, 5) is 11.6. The second-order valence-corrected chi connectivity index (χ2v) is 6.47. The molecule has 4 nitrogen and oxygen atoms in total. The zero-order valence-corrected chi connectivity index (χ0v) is 12.6. The Morgan fingerprint density at radius 1 is 1.35 bits per heavy atom. The predicted molar refractivity (Wildman–Crippen MR) is 80.0 cm³/mol. The van der Waals surface area contributed by atoms with Crippen LogP contribution in [0.3, 0.4) is 0 Å². The molecule has 0 unspecified atom stereocenters. The van der Waals surface area contributed by atoms with E-state index in [9.17, 15) is 5.11 Å². The van der Waals surface area contributed by atoms with Gasteiger partial charge in [-0.2, -0.15) is 0 Å². The molecular formula is C16H25N3O. The van der Waals surface area contributed by atoms with Gasteiger partial charge in [-0.25, -0.2) is 9.97 Å². The summed E-state index contributed by atoms with van der Waals surface area (Å²) >= 11 is 0. The van der Waals surface area contributed by atoms with E-state index in [2.05, 4.69) is 22.9 Å². The van der Waals surface area contributed by atoms with Gasteiger partial charge in [-0.15, -0.1) is 0 Å². The summed E-state index contributed by atoms with van der Waals surface area (Å²) in [6.07, 6.45) is 6.54. The first-order chi connectivity index (χ1) is 9.59. The van der Waals surface area contributed by atoms with Crippen molar-refractivity contribution >= 4 is 5.95 Å². The van der Waals surface area contributed by atoms with Gasteiger partial charge in [-0.3, -0.25) is 0 Å². The summed E-state index contributed by atoms with van der Waals surface area (Å²) in [5, 5.41) is 10.5. The van der Waals surface area contributed by atoms with E-state index in [1.165, 1.54) is 25.0 Å². The Labute approximate surface area is 121 Å². The van der Waals surface area contributed by atoms with E-state index in [-0.39, 0.29) is 0 Å². The van der Waals surface area contributed by atoms with Crippen LogP contribution in [0.15, 0.2) is 6.07 Å². The minimum absolute atomic E-state index is 0.567. The normalized spacial score (nSPS) is 27.4. The van der Waals surface area contributed by atoms with E-state index in [4.69, 9.17) is 4.98 Å². The van der Waals surface area contributed by atoms with Gasteiger partial charge in [-0.1, -0.05) is 13.3 Å². The van der Waals surface area contributed by atoms with Crippen molar-refractivity contribution in [2.75, 3.05) is 18.0 Å². The van der Waals surface area contributed by atoms with Gasteiger partial charge < -0.3 is 10.0 Å². The van der Waals surface area contributed by atoms with Crippen LogP contribution in [-0.4, -0.2) is 33.8 Å².